The molecule has 1 amide bonds. The number of halogens is 1. The van der Waals surface area contributed by atoms with Crippen LogP contribution in [0.1, 0.15) is 27.2 Å². The van der Waals surface area contributed by atoms with Crippen LogP contribution < -0.4 is 10.2 Å². The van der Waals surface area contributed by atoms with Crippen molar-refractivity contribution in [1.82, 2.24) is 0 Å². The Balaban J connectivity index is 2.82. The van der Waals surface area contributed by atoms with E-state index in [0.29, 0.717) is 11.4 Å². The van der Waals surface area contributed by atoms with Gasteiger partial charge in [-0.05, 0) is 39.0 Å². The van der Waals surface area contributed by atoms with Crippen molar-refractivity contribution >= 4 is 23.1 Å². The van der Waals surface area contributed by atoms with Gasteiger partial charge in [0, 0.05) is 18.8 Å². The third kappa shape index (κ3) is 4.35. The van der Waals surface area contributed by atoms with Crippen LogP contribution in [0.25, 0.3) is 0 Å². The number of Topliss-reactive ketones (excluding diaryl/α,β-unsaturated/α-hetero) is 1. The first-order valence-corrected chi connectivity index (χ1v) is 6.13. The van der Waals surface area contributed by atoms with Crippen LogP contribution in [0.5, 0.6) is 0 Å². The van der Waals surface area contributed by atoms with Crippen LogP contribution in [-0.4, -0.2) is 24.8 Å². The lowest BCUT2D eigenvalue weighted by atomic mass is 10.2. The highest BCUT2D eigenvalue weighted by Gasteiger charge is 2.12. The summed E-state index contributed by atoms with van der Waals surface area (Å²) in [4.78, 5) is 24.0. The molecule has 0 unspecified atom stereocenters. The van der Waals surface area contributed by atoms with Crippen molar-refractivity contribution in [2.45, 2.75) is 33.2 Å². The highest BCUT2D eigenvalue weighted by molar-refractivity contribution is 6.03. The van der Waals surface area contributed by atoms with Crippen molar-refractivity contribution in [3.05, 3.63) is 24.0 Å². The molecule has 0 saturated carbocycles. The summed E-state index contributed by atoms with van der Waals surface area (Å²) < 4.78 is 13.9. The second kappa shape index (κ2) is 6.31. The van der Waals surface area contributed by atoms with Gasteiger partial charge in [-0.15, -0.1) is 0 Å². The third-order valence-electron chi connectivity index (χ3n) is 2.80. The third-order valence-corrected chi connectivity index (χ3v) is 2.80. The lowest BCUT2D eigenvalue weighted by Gasteiger charge is -2.24. The Bertz CT molecular complexity index is 486. The molecule has 104 valence electrons. The molecule has 0 atom stereocenters. The lowest BCUT2D eigenvalue weighted by molar-refractivity contribution is -0.124. The molecule has 0 aliphatic carbocycles. The van der Waals surface area contributed by atoms with E-state index in [9.17, 15) is 14.0 Å². The zero-order valence-electron chi connectivity index (χ0n) is 11.7. The summed E-state index contributed by atoms with van der Waals surface area (Å²) in [5.74, 6) is -1.07. The zero-order chi connectivity index (χ0) is 14.6. The summed E-state index contributed by atoms with van der Waals surface area (Å²) >= 11 is 0. The van der Waals surface area contributed by atoms with Crippen LogP contribution in [0.4, 0.5) is 15.8 Å². The average Bonchev–Trinajstić information content (AvgIpc) is 2.26. The minimum absolute atomic E-state index is 0.174. The van der Waals surface area contributed by atoms with Gasteiger partial charge in [0.1, 0.15) is 11.6 Å². The Morgan fingerprint density at radius 1 is 1.37 bits per heavy atom. The second-order valence-corrected chi connectivity index (χ2v) is 4.80. The summed E-state index contributed by atoms with van der Waals surface area (Å²) in [6.07, 6.45) is -0.199. The van der Waals surface area contributed by atoms with Crippen molar-refractivity contribution in [1.29, 1.82) is 0 Å². The highest BCUT2D eigenvalue weighted by Crippen LogP contribution is 2.23. The number of anilines is 2. The first-order chi connectivity index (χ1) is 8.81. The average molecular weight is 266 g/mol. The van der Waals surface area contributed by atoms with Gasteiger partial charge in [0.2, 0.25) is 5.91 Å². The molecule has 0 radical (unpaired) electrons. The summed E-state index contributed by atoms with van der Waals surface area (Å²) in [5.41, 5.74) is 0.823. The SMILES string of the molecule is CC(=O)CC(=O)Nc1ccc(N(C)C(C)C)c(F)c1. The number of amides is 1. The monoisotopic (exact) mass is 266 g/mol. The number of hydrogen-bond acceptors (Lipinski definition) is 3. The van der Waals surface area contributed by atoms with Gasteiger partial charge in [0.15, 0.2) is 0 Å². The molecule has 0 aliphatic rings. The normalized spacial score (nSPS) is 10.4. The van der Waals surface area contributed by atoms with Crippen LogP contribution in [0.3, 0.4) is 0 Å². The quantitative estimate of drug-likeness (QED) is 0.833. The van der Waals surface area contributed by atoms with Gasteiger partial charge in [0.25, 0.3) is 0 Å². The van der Waals surface area contributed by atoms with Crippen LogP contribution in [0.15, 0.2) is 18.2 Å². The Hall–Kier alpha value is -1.91. The van der Waals surface area contributed by atoms with Gasteiger partial charge in [-0.2, -0.15) is 0 Å². The minimum atomic E-state index is -0.433. The van der Waals surface area contributed by atoms with Crippen LogP contribution in [0, 0.1) is 5.82 Å². The Labute approximate surface area is 112 Å². The number of nitrogens with one attached hydrogen (secondary N) is 1. The molecule has 0 spiro atoms. The predicted octanol–water partition coefficient (Wildman–Crippen LogP) is 2.59. The molecule has 5 heteroatoms. The summed E-state index contributed by atoms with van der Waals surface area (Å²) in [6.45, 7) is 5.25. The number of rotatable bonds is 5. The van der Waals surface area contributed by atoms with E-state index in [1.165, 1.54) is 13.0 Å². The van der Waals surface area contributed by atoms with Gasteiger partial charge in [-0.25, -0.2) is 4.39 Å². The lowest BCUT2D eigenvalue weighted by Crippen LogP contribution is -2.26. The van der Waals surface area contributed by atoms with Gasteiger partial charge in [0.05, 0.1) is 12.1 Å². The minimum Gasteiger partial charge on any atom is -0.370 e. The Morgan fingerprint density at radius 3 is 2.47 bits per heavy atom. The molecule has 1 aromatic carbocycles. The van der Waals surface area contributed by atoms with Crippen molar-refractivity contribution < 1.29 is 14.0 Å². The molecular formula is C14H19FN2O2. The molecular weight excluding hydrogens is 247 g/mol. The highest BCUT2D eigenvalue weighted by atomic mass is 19.1. The predicted molar refractivity (Wildman–Crippen MR) is 73.9 cm³/mol. The number of benzene rings is 1. The van der Waals surface area contributed by atoms with Gasteiger partial charge < -0.3 is 10.2 Å². The number of carbonyl (C=O) groups excluding carboxylic acids is 2. The number of ketones is 1. The topological polar surface area (TPSA) is 49.4 Å². The number of nitrogens with zero attached hydrogens (tertiary/aromatic N) is 1. The molecule has 19 heavy (non-hydrogen) atoms. The molecule has 1 aromatic rings. The second-order valence-electron chi connectivity index (χ2n) is 4.80. The van der Waals surface area contributed by atoms with Crippen LogP contribution in [-0.2, 0) is 9.59 Å². The van der Waals surface area contributed by atoms with E-state index in [1.807, 2.05) is 13.8 Å². The van der Waals surface area contributed by atoms with E-state index in [0.717, 1.165) is 0 Å². The van der Waals surface area contributed by atoms with E-state index < -0.39 is 11.7 Å². The van der Waals surface area contributed by atoms with E-state index >= 15 is 0 Å². The molecule has 0 aliphatic heterocycles. The van der Waals surface area contributed by atoms with Gasteiger partial charge >= 0.3 is 0 Å². The fraction of sp³-hybridized carbons (Fsp3) is 0.429. The summed E-state index contributed by atoms with van der Waals surface area (Å²) in [5, 5.41) is 2.49. The van der Waals surface area contributed by atoms with Crippen molar-refractivity contribution in [3.63, 3.8) is 0 Å². The fourth-order valence-corrected chi connectivity index (χ4v) is 1.58. The Kier molecular flexibility index (Phi) is 5.03. The summed E-state index contributed by atoms with van der Waals surface area (Å²) in [6, 6.07) is 4.66. The molecule has 1 N–H and O–H groups in total. The molecule has 0 fully saturated rings. The number of carbonyl (C=O) groups is 2. The molecule has 1 rings (SSSR count). The van der Waals surface area contributed by atoms with Crippen LogP contribution in [0.2, 0.25) is 0 Å². The van der Waals surface area contributed by atoms with Crippen molar-refractivity contribution in [2.75, 3.05) is 17.3 Å². The van der Waals surface area contributed by atoms with Crippen LogP contribution >= 0.6 is 0 Å². The molecule has 0 bridgehead atoms. The first-order valence-electron chi connectivity index (χ1n) is 6.13. The summed E-state index contributed by atoms with van der Waals surface area (Å²) in [7, 11) is 1.80. The van der Waals surface area contributed by atoms with E-state index in [1.54, 1.807) is 24.1 Å². The maximum absolute atomic E-state index is 13.9. The van der Waals surface area contributed by atoms with Crippen molar-refractivity contribution in [2.24, 2.45) is 0 Å². The molecule has 0 heterocycles. The standard InChI is InChI=1S/C14H19FN2O2/c1-9(2)17(4)13-6-5-11(8-12(13)15)16-14(19)7-10(3)18/h5-6,8-9H,7H2,1-4H3,(H,16,19). The van der Waals surface area contributed by atoms with Gasteiger partial charge in [-0.3, -0.25) is 9.59 Å². The largest absolute Gasteiger partial charge is 0.370 e. The maximum Gasteiger partial charge on any atom is 0.231 e. The maximum atomic E-state index is 13.9. The number of hydrogen-bond donors (Lipinski definition) is 1. The Morgan fingerprint density at radius 2 is 2.00 bits per heavy atom. The van der Waals surface area contributed by atoms with Crippen molar-refractivity contribution in [3.8, 4) is 0 Å². The van der Waals surface area contributed by atoms with E-state index in [-0.39, 0.29) is 18.2 Å². The molecule has 4 nitrogen and oxygen atoms in total. The van der Waals surface area contributed by atoms with E-state index in [2.05, 4.69) is 5.32 Å². The first kappa shape index (κ1) is 15.1. The van der Waals surface area contributed by atoms with E-state index in [4.69, 9.17) is 0 Å². The molecule has 0 saturated heterocycles. The fourth-order valence-electron chi connectivity index (χ4n) is 1.58. The molecule has 0 aromatic heterocycles. The smallest absolute Gasteiger partial charge is 0.231 e. The van der Waals surface area contributed by atoms with Gasteiger partial charge in [-0.1, -0.05) is 0 Å². The zero-order valence-corrected chi connectivity index (χ0v) is 11.7.